The largest absolute Gasteiger partial charge is 0.311 e. The van der Waals surface area contributed by atoms with Crippen molar-refractivity contribution >= 4 is 39.9 Å². The Balaban J connectivity index is 1.98. The Bertz CT molecular complexity index is 1410. The first kappa shape index (κ1) is 22.4. The zero-order valence-electron chi connectivity index (χ0n) is 18.3. The monoisotopic (exact) mass is 459 g/mol. The fourth-order valence-corrected chi connectivity index (χ4v) is 4.05. The van der Waals surface area contributed by atoms with Crippen molar-refractivity contribution in [2.24, 2.45) is 0 Å². The Morgan fingerprint density at radius 1 is 1.03 bits per heavy atom. The molecule has 4 rings (SSSR count). The molecule has 4 aromatic rings. The normalized spacial score (nSPS) is 10.9. The van der Waals surface area contributed by atoms with Crippen molar-refractivity contribution in [1.29, 1.82) is 0 Å². The molecule has 2 aromatic heterocycles. The van der Waals surface area contributed by atoms with Crippen molar-refractivity contribution in [3.8, 4) is 11.1 Å². The molecule has 0 aliphatic rings. The van der Waals surface area contributed by atoms with E-state index in [1.165, 1.54) is 11.5 Å². The lowest BCUT2D eigenvalue weighted by molar-refractivity contribution is -0.114. The average Bonchev–Trinajstić information content (AvgIpc) is 2.81. The standard InChI is InChI=1S/C26H22ClN3O3/c1-3-22(32)25-24(18-7-5-4-6-8-18)21-13-19(27)10-11-20(21)26(33)30(25)15-17-9-12-23(28-14-17)29-16(2)31/h4-14H,3,15H2,1-2H3,(H,28,29,31). The summed E-state index contributed by atoms with van der Waals surface area (Å²) in [5.74, 6) is 0.0558. The third-order valence-electron chi connectivity index (χ3n) is 5.35. The lowest BCUT2D eigenvalue weighted by Gasteiger charge is -2.19. The number of aromatic nitrogens is 2. The van der Waals surface area contributed by atoms with Crippen molar-refractivity contribution in [1.82, 2.24) is 9.55 Å². The summed E-state index contributed by atoms with van der Waals surface area (Å²) in [7, 11) is 0. The second kappa shape index (κ2) is 9.38. The molecule has 166 valence electrons. The van der Waals surface area contributed by atoms with E-state index >= 15 is 0 Å². The molecule has 0 atom stereocenters. The molecule has 1 N–H and O–H groups in total. The van der Waals surface area contributed by atoms with Crippen LogP contribution >= 0.6 is 11.6 Å². The van der Waals surface area contributed by atoms with Crippen LogP contribution in [-0.2, 0) is 11.3 Å². The molecule has 2 aromatic carbocycles. The number of fused-ring (bicyclic) bond motifs is 1. The van der Waals surface area contributed by atoms with Gasteiger partial charge in [0.15, 0.2) is 5.78 Å². The highest BCUT2D eigenvalue weighted by molar-refractivity contribution is 6.31. The van der Waals surface area contributed by atoms with Gasteiger partial charge in [-0.05, 0) is 40.8 Å². The van der Waals surface area contributed by atoms with Gasteiger partial charge in [-0.25, -0.2) is 4.98 Å². The summed E-state index contributed by atoms with van der Waals surface area (Å²) in [6.07, 6.45) is 1.83. The number of Topliss-reactive ketones (excluding diaryl/α,β-unsaturated/α-hetero) is 1. The van der Waals surface area contributed by atoms with Crippen molar-refractivity contribution in [2.45, 2.75) is 26.8 Å². The van der Waals surface area contributed by atoms with Gasteiger partial charge in [-0.1, -0.05) is 54.9 Å². The molecular weight excluding hydrogens is 438 g/mol. The predicted octanol–water partition coefficient (Wildman–Crippen LogP) is 5.32. The van der Waals surface area contributed by atoms with Crippen LogP contribution in [-0.4, -0.2) is 21.2 Å². The van der Waals surface area contributed by atoms with E-state index in [1.54, 1.807) is 43.5 Å². The summed E-state index contributed by atoms with van der Waals surface area (Å²) < 4.78 is 1.51. The molecule has 0 radical (unpaired) electrons. The quantitative estimate of drug-likeness (QED) is 0.396. The molecule has 0 saturated carbocycles. The number of carbonyl (C=O) groups is 2. The summed E-state index contributed by atoms with van der Waals surface area (Å²) in [4.78, 5) is 42.3. The van der Waals surface area contributed by atoms with Crippen molar-refractivity contribution < 1.29 is 9.59 Å². The van der Waals surface area contributed by atoms with E-state index in [1.807, 2.05) is 30.3 Å². The van der Waals surface area contributed by atoms with Crippen LogP contribution in [0.25, 0.3) is 21.9 Å². The lowest BCUT2D eigenvalue weighted by Crippen LogP contribution is -2.28. The topological polar surface area (TPSA) is 81.1 Å². The first-order valence-electron chi connectivity index (χ1n) is 10.6. The van der Waals surface area contributed by atoms with E-state index in [9.17, 15) is 14.4 Å². The van der Waals surface area contributed by atoms with Crippen LogP contribution in [0.4, 0.5) is 5.82 Å². The highest BCUT2D eigenvalue weighted by Gasteiger charge is 2.22. The Morgan fingerprint density at radius 2 is 1.79 bits per heavy atom. The molecule has 6 nitrogen and oxygen atoms in total. The molecule has 2 heterocycles. The maximum Gasteiger partial charge on any atom is 0.259 e. The summed E-state index contributed by atoms with van der Waals surface area (Å²) in [5, 5.41) is 4.24. The number of amides is 1. The summed E-state index contributed by atoms with van der Waals surface area (Å²) in [5.41, 5.74) is 2.30. The predicted molar refractivity (Wildman–Crippen MR) is 131 cm³/mol. The minimum Gasteiger partial charge on any atom is -0.311 e. The molecule has 0 aliphatic carbocycles. The molecule has 1 amide bonds. The third kappa shape index (κ3) is 4.56. The Morgan fingerprint density at radius 3 is 2.42 bits per heavy atom. The van der Waals surface area contributed by atoms with Gasteiger partial charge in [0.2, 0.25) is 5.91 Å². The van der Waals surface area contributed by atoms with Gasteiger partial charge in [0, 0.05) is 35.5 Å². The number of rotatable bonds is 6. The third-order valence-corrected chi connectivity index (χ3v) is 5.59. The van der Waals surface area contributed by atoms with Gasteiger partial charge in [-0.15, -0.1) is 0 Å². The first-order chi connectivity index (χ1) is 15.9. The number of nitrogens with zero attached hydrogens (tertiary/aromatic N) is 2. The second-order valence-electron chi connectivity index (χ2n) is 7.68. The molecule has 0 spiro atoms. The zero-order chi connectivity index (χ0) is 23.5. The van der Waals surface area contributed by atoms with Gasteiger partial charge in [-0.3, -0.25) is 19.0 Å². The molecule has 7 heteroatoms. The van der Waals surface area contributed by atoms with Crippen molar-refractivity contribution in [2.75, 3.05) is 5.32 Å². The first-order valence-corrected chi connectivity index (χ1v) is 10.9. The Kier molecular flexibility index (Phi) is 6.38. The van der Waals surface area contributed by atoms with Gasteiger partial charge in [0.05, 0.1) is 12.2 Å². The second-order valence-corrected chi connectivity index (χ2v) is 8.12. The summed E-state index contributed by atoms with van der Waals surface area (Å²) in [6, 6.07) is 18.1. The SMILES string of the molecule is CCC(=O)c1c(-c2ccccc2)c2cc(Cl)ccc2c(=O)n1Cc1ccc(NC(C)=O)nc1. The number of ketones is 1. The smallest absolute Gasteiger partial charge is 0.259 e. The van der Waals surface area contributed by atoms with Gasteiger partial charge in [0.25, 0.3) is 5.56 Å². The fourth-order valence-electron chi connectivity index (χ4n) is 3.88. The van der Waals surface area contributed by atoms with Crippen LogP contribution in [0.5, 0.6) is 0 Å². The average molecular weight is 460 g/mol. The lowest BCUT2D eigenvalue weighted by atomic mass is 9.94. The van der Waals surface area contributed by atoms with Crippen molar-refractivity contribution in [3.05, 3.63) is 93.5 Å². The molecule has 33 heavy (non-hydrogen) atoms. The Hall–Kier alpha value is -3.77. The minimum atomic E-state index is -0.274. The molecule has 0 aliphatic heterocycles. The van der Waals surface area contributed by atoms with Gasteiger partial charge < -0.3 is 5.32 Å². The maximum atomic E-state index is 13.6. The molecule has 0 fully saturated rings. The van der Waals surface area contributed by atoms with Crippen LogP contribution < -0.4 is 10.9 Å². The van der Waals surface area contributed by atoms with Crippen LogP contribution in [0, 0.1) is 0 Å². The van der Waals surface area contributed by atoms with Crippen LogP contribution in [0.3, 0.4) is 0 Å². The number of nitrogens with one attached hydrogen (secondary N) is 1. The van der Waals surface area contributed by atoms with E-state index in [0.29, 0.717) is 32.9 Å². The summed E-state index contributed by atoms with van der Waals surface area (Å²) >= 11 is 6.28. The fraction of sp³-hybridized carbons (Fsp3) is 0.154. The van der Waals surface area contributed by atoms with E-state index in [0.717, 1.165) is 11.1 Å². The van der Waals surface area contributed by atoms with Gasteiger partial charge >= 0.3 is 0 Å². The summed E-state index contributed by atoms with van der Waals surface area (Å²) in [6.45, 7) is 3.34. The van der Waals surface area contributed by atoms with E-state index < -0.39 is 0 Å². The van der Waals surface area contributed by atoms with Crippen LogP contribution in [0.2, 0.25) is 5.02 Å². The van der Waals surface area contributed by atoms with Crippen LogP contribution in [0.1, 0.15) is 36.3 Å². The number of halogens is 1. The van der Waals surface area contributed by atoms with Crippen molar-refractivity contribution in [3.63, 3.8) is 0 Å². The molecule has 0 saturated heterocycles. The number of pyridine rings is 2. The molecule has 0 unspecified atom stereocenters. The number of anilines is 1. The minimum absolute atomic E-state index is 0.143. The number of carbonyl (C=O) groups excluding carboxylic acids is 2. The number of hydrogen-bond acceptors (Lipinski definition) is 4. The highest BCUT2D eigenvalue weighted by atomic mass is 35.5. The number of benzene rings is 2. The van der Waals surface area contributed by atoms with Crippen LogP contribution in [0.15, 0.2) is 71.7 Å². The number of hydrogen-bond donors (Lipinski definition) is 1. The maximum absolute atomic E-state index is 13.6. The van der Waals surface area contributed by atoms with E-state index in [2.05, 4.69) is 10.3 Å². The Labute approximate surface area is 195 Å². The molecule has 0 bridgehead atoms. The van der Waals surface area contributed by atoms with E-state index in [4.69, 9.17) is 11.6 Å². The van der Waals surface area contributed by atoms with Gasteiger partial charge in [-0.2, -0.15) is 0 Å². The zero-order valence-corrected chi connectivity index (χ0v) is 19.0. The van der Waals surface area contributed by atoms with E-state index in [-0.39, 0.29) is 30.2 Å². The molecular formula is C26H22ClN3O3. The van der Waals surface area contributed by atoms with Gasteiger partial charge in [0.1, 0.15) is 5.82 Å². The highest BCUT2D eigenvalue weighted by Crippen LogP contribution is 2.33.